The van der Waals surface area contributed by atoms with Crippen LogP contribution in [0.25, 0.3) is 0 Å². The van der Waals surface area contributed by atoms with Crippen LogP contribution in [0.15, 0.2) is 0 Å². The summed E-state index contributed by atoms with van der Waals surface area (Å²) in [5, 5.41) is 11.4. The fourth-order valence-electron chi connectivity index (χ4n) is 0.967. The van der Waals surface area contributed by atoms with E-state index in [1.807, 2.05) is 0 Å². The molecule has 5 nitrogen and oxygen atoms in total. The van der Waals surface area contributed by atoms with Crippen molar-refractivity contribution in [2.24, 2.45) is 11.7 Å². The van der Waals surface area contributed by atoms with Crippen molar-refractivity contribution in [2.75, 3.05) is 6.54 Å². The number of hydrogen-bond donors (Lipinski definition) is 3. The van der Waals surface area contributed by atoms with Gasteiger partial charge < -0.3 is 16.2 Å². The van der Waals surface area contributed by atoms with E-state index in [4.69, 9.17) is 10.8 Å². The van der Waals surface area contributed by atoms with Crippen LogP contribution in [0.3, 0.4) is 0 Å². The van der Waals surface area contributed by atoms with E-state index in [0.29, 0.717) is 12.3 Å². The van der Waals surface area contributed by atoms with Crippen molar-refractivity contribution < 1.29 is 14.7 Å². The first-order valence-electron chi connectivity index (χ1n) is 4.33. The third kappa shape index (κ3) is 3.89. The lowest BCUT2D eigenvalue weighted by Gasteiger charge is -2.07. The van der Waals surface area contributed by atoms with Gasteiger partial charge in [-0.05, 0) is 18.8 Å². The average Bonchev–Trinajstić information content (AvgIpc) is 2.83. The van der Waals surface area contributed by atoms with Gasteiger partial charge in [0.15, 0.2) is 0 Å². The van der Waals surface area contributed by atoms with Gasteiger partial charge in [-0.1, -0.05) is 0 Å². The van der Waals surface area contributed by atoms with Gasteiger partial charge >= 0.3 is 0 Å². The molecular weight excluding hydrogens is 172 g/mol. The largest absolute Gasteiger partial charge is 0.381 e. The SMILES string of the molecule is NC(=O)C(O)CNC(=O)CC1CC1. The second kappa shape index (κ2) is 4.23. The van der Waals surface area contributed by atoms with Gasteiger partial charge in [-0.3, -0.25) is 9.59 Å². The summed E-state index contributed by atoms with van der Waals surface area (Å²) < 4.78 is 0. The molecule has 1 fully saturated rings. The molecule has 1 unspecified atom stereocenters. The fourth-order valence-corrected chi connectivity index (χ4v) is 0.967. The van der Waals surface area contributed by atoms with Crippen molar-refractivity contribution in [3.05, 3.63) is 0 Å². The lowest BCUT2D eigenvalue weighted by Crippen LogP contribution is -2.40. The van der Waals surface area contributed by atoms with Crippen LogP contribution in [0.4, 0.5) is 0 Å². The molecule has 1 aliphatic carbocycles. The highest BCUT2D eigenvalue weighted by Crippen LogP contribution is 2.31. The number of carbonyl (C=O) groups excluding carboxylic acids is 2. The van der Waals surface area contributed by atoms with Gasteiger partial charge in [0.05, 0.1) is 6.54 Å². The molecular formula is C8H14N2O3. The molecule has 0 aromatic carbocycles. The predicted octanol–water partition coefficient (Wildman–Crippen LogP) is -1.25. The van der Waals surface area contributed by atoms with Crippen LogP contribution >= 0.6 is 0 Å². The molecule has 74 valence electrons. The van der Waals surface area contributed by atoms with Crippen LogP contribution in [-0.2, 0) is 9.59 Å². The van der Waals surface area contributed by atoms with Crippen molar-refractivity contribution in [2.45, 2.75) is 25.4 Å². The Balaban J connectivity index is 2.09. The maximum Gasteiger partial charge on any atom is 0.248 e. The van der Waals surface area contributed by atoms with Gasteiger partial charge in [0.2, 0.25) is 11.8 Å². The van der Waals surface area contributed by atoms with Gasteiger partial charge in [-0.15, -0.1) is 0 Å². The number of nitrogens with one attached hydrogen (secondary N) is 1. The lowest BCUT2D eigenvalue weighted by atomic mass is 10.2. The zero-order valence-electron chi connectivity index (χ0n) is 7.32. The summed E-state index contributed by atoms with van der Waals surface area (Å²) in [4.78, 5) is 21.4. The number of amides is 2. The molecule has 13 heavy (non-hydrogen) atoms. The number of rotatable bonds is 5. The molecule has 0 heterocycles. The second-order valence-corrected chi connectivity index (χ2v) is 3.37. The predicted molar refractivity (Wildman–Crippen MR) is 45.6 cm³/mol. The van der Waals surface area contributed by atoms with Crippen molar-refractivity contribution in [3.8, 4) is 0 Å². The summed E-state index contributed by atoms with van der Waals surface area (Å²) in [7, 11) is 0. The zero-order valence-corrected chi connectivity index (χ0v) is 7.32. The van der Waals surface area contributed by atoms with Gasteiger partial charge in [0, 0.05) is 6.42 Å². The van der Waals surface area contributed by atoms with Crippen molar-refractivity contribution in [1.29, 1.82) is 0 Å². The summed E-state index contributed by atoms with van der Waals surface area (Å²) in [6.07, 6.45) is 1.42. The molecule has 0 bridgehead atoms. The quantitative estimate of drug-likeness (QED) is 0.501. The van der Waals surface area contributed by atoms with Crippen LogP contribution in [0, 0.1) is 5.92 Å². The van der Waals surface area contributed by atoms with E-state index in [1.165, 1.54) is 0 Å². The Labute approximate surface area is 76.3 Å². The summed E-state index contributed by atoms with van der Waals surface area (Å²) >= 11 is 0. The number of aliphatic hydroxyl groups is 1. The van der Waals surface area contributed by atoms with Gasteiger partial charge in [-0.2, -0.15) is 0 Å². The molecule has 0 aliphatic heterocycles. The van der Waals surface area contributed by atoms with Crippen LogP contribution in [0.2, 0.25) is 0 Å². The Morgan fingerprint density at radius 2 is 2.15 bits per heavy atom. The minimum absolute atomic E-state index is 0.0825. The van der Waals surface area contributed by atoms with E-state index in [9.17, 15) is 9.59 Å². The lowest BCUT2D eigenvalue weighted by molar-refractivity contribution is -0.127. The van der Waals surface area contributed by atoms with Crippen LogP contribution in [0.5, 0.6) is 0 Å². The summed E-state index contributed by atoms with van der Waals surface area (Å²) in [6, 6.07) is 0. The topological polar surface area (TPSA) is 92.4 Å². The number of carbonyl (C=O) groups is 2. The first-order chi connectivity index (χ1) is 6.09. The van der Waals surface area contributed by atoms with Crippen molar-refractivity contribution in [1.82, 2.24) is 5.32 Å². The van der Waals surface area contributed by atoms with Crippen LogP contribution in [-0.4, -0.2) is 29.6 Å². The molecule has 0 aromatic heterocycles. The van der Waals surface area contributed by atoms with Crippen molar-refractivity contribution in [3.63, 3.8) is 0 Å². The molecule has 1 saturated carbocycles. The van der Waals surface area contributed by atoms with Crippen LogP contribution < -0.4 is 11.1 Å². The van der Waals surface area contributed by atoms with Gasteiger partial charge in [-0.25, -0.2) is 0 Å². The first kappa shape index (κ1) is 9.98. The molecule has 2 amide bonds. The smallest absolute Gasteiger partial charge is 0.248 e. The highest BCUT2D eigenvalue weighted by molar-refractivity contribution is 5.81. The van der Waals surface area contributed by atoms with Gasteiger partial charge in [0.25, 0.3) is 0 Å². The fraction of sp³-hybridized carbons (Fsp3) is 0.750. The Bertz CT molecular complexity index is 213. The number of hydrogen-bond acceptors (Lipinski definition) is 3. The first-order valence-corrected chi connectivity index (χ1v) is 4.33. The molecule has 0 radical (unpaired) electrons. The van der Waals surface area contributed by atoms with E-state index >= 15 is 0 Å². The van der Waals surface area contributed by atoms with E-state index in [1.54, 1.807) is 0 Å². The highest BCUT2D eigenvalue weighted by Gasteiger charge is 2.24. The third-order valence-corrected chi connectivity index (χ3v) is 1.99. The summed E-state index contributed by atoms with van der Waals surface area (Å²) in [5.74, 6) is -0.430. The third-order valence-electron chi connectivity index (χ3n) is 1.99. The van der Waals surface area contributed by atoms with E-state index < -0.39 is 12.0 Å². The van der Waals surface area contributed by atoms with Gasteiger partial charge in [0.1, 0.15) is 6.10 Å². The minimum Gasteiger partial charge on any atom is -0.381 e. The molecule has 4 N–H and O–H groups in total. The standard InChI is InChI=1S/C8H14N2O3/c9-8(13)6(11)4-10-7(12)3-5-1-2-5/h5-6,11H,1-4H2,(H2,9,13)(H,10,12). The molecule has 1 rings (SSSR count). The Kier molecular flexibility index (Phi) is 3.25. The Hall–Kier alpha value is -1.10. The summed E-state index contributed by atoms with van der Waals surface area (Å²) in [5.41, 5.74) is 4.80. The molecule has 0 aromatic rings. The normalized spacial score (nSPS) is 17.9. The second-order valence-electron chi connectivity index (χ2n) is 3.37. The molecule has 0 saturated heterocycles. The minimum atomic E-state index is -1.27. The molecule has 1 atom stereocenters. The highest BCUT2D eigenvalue weighted by atomic mass is 16.3. The van der Waals surface area contributed by atoms with E-state index in [2.05, 4.69) is 5.32 Å². The number of aliphatic hydroxyl groups excluding tert-OH is 1. The Morgan fingerprint density at radius 1 is 1.54 bits per heavy atom. The number of primary amides is 1. The maximum atomic E-state index is 11.0. The number of nitrogens with two attached hydrogens (primary N) is 1. The monoisotopic (exact) mass is 186 g/mol. The van der Waals surface area contributed by atoms with Crippen molar-refractivity contribution >= 4 is 11.8 Å². The molecule has 0 spiro atoms. The Morgan fingerprint density at radius 3 is 2.62 bits per heavy atom. The van der Waals surface area contributed by atoms with Crippen LogP contribution in [0.1, 0.15) is 19.3 Å². The molecule has 5 heteroatoms. The average molecular weight is 186 g/mol. The summed E-state index contributed by atoms with van der Waals surface area (Å²) in [6.45, 7) is -0.0825. The zero-order chi connectivity index (χ0) is 9.84. The van der Waals surface area contributed by atoms with E-state index in [0.717, 1.165) is 12.8 Å². The molecule has 1 aliphatic rings. The van der Waals surface area contributed by atoms with E-state index in [-0.39, 0.29) is 12.5 Å². The maximum absolute atomic E-state index is 11.0.